The summed E-state index contributed by atoms with van der Waals surface area (Å²) in [5, 5.41) is 8.98. The molecule has 0 spiro atoms. The van der Waals surface area contributed by atoms with Crippen molar-refractivity contribution in [3.8, 4) is 0 Å². The molecule has 1 heterocycles. The van der Waals surface area contributed by atoms with Gasteiger partial charge in [-0.05, 0) is 26.7 Å². The van der Waals surface area contributed by atoms with E-state index < -0.39 is 0 Å². The molecule has 1 amide bonds. The van der Waals surface area contributed by atoms with Crippen molar-refractivity contribution >= 4 is 17.2 Å². The van der Waals surface area contributed by atoms with Crippen LogP contribution in [0.3, 0.4) is 0 Å². The molecule has 6 heteroatoms. The highest BCUT2D eigenvalue weighted by Crippen LogP contribution is 2.26. The van der Waals surface area contributed by atoms with E-state index in [4.69, 9.17) is 5.11 Å². The molecular formula is C12H18N2O3S. The van der Waals surface area contributed by atoms with Crippen molar-refractivity contribution in [2.75, 3.05) is 13.2 Å². The Kier molecular flexibility index (Phi) is 3.87. The molecule has 1 N–H and O–H groups in total. The number of aliphatic hydroxyl groups excluding tert-OH is 1. The van der Waals surface area contributed by atoms with Gasteiger partial charge in [0, 0.05) is 23.2 Å². The Labute approximate surface area is 110 Å². The first kappa shape index (κ1) is 13.3. The van der Waals surface area contributed by atoms with Gasteiger partial charge in [-0.3, -0.25) is 14.2 Å². The fourth-order valence-corrected chi connectivity index (χ4v) is 2.83. The molecule has 0 atom stereocenters. The van der Waals surface area contributed by atoms with Gasteiger partial charge in [-0.15, -0.1) is 0 Å². The molecular weight excluding hydrogens is 252 g/mol. The SMILES string of the molecule is Cc1sc(=O)n(CC(=O)N(CCO)C2CC2)c1C. The first-order valence-corrected chi connectivity index (χ1v) is 6.93. The number of hydrogen-bond donors (Lipinski definition) is 1. The second-order valence-electron chi connectivity index (χ2n) is 4.64. The molecule has 0 radical (unpaired) electrons. The summed E-state index contributed by atoms with van der Waals surface area (Å²) in [5.74, 6) is -0.0745. The molecule has 1 aromatic rings. The molecule has 100 valence electrons. The molecule has 1 aromatic heterocycles. The zero-order valence-electron chi connectivity index (χ0n) is 10.7. The van der Waals surface area contributed by atoms with Gasteiger partial charge in [0.1, 0.15) is 6.54 Å². The fourth-order valence-electron chi connectivity index (χ4n) is 2.00. The Morgan fingerprint density at radius 1 is 1.50 bits per heavy atom. The molecule has 18 heavy (non-hydrogen) atoms. The predicted molar refractivity (Wildman–Crippen MR) is 69.9 cm³/mol. The van der Waals surface area contributed by atoms with Crippen LogP contribution in [0.2, 0.25) is 0 Å². The normalized spacial score (nSPS) is 14.8. The summed E-state index contributed by atoms with van der Waals surface area (Å²) in [6.07, 6.45) is 2.00. The Bertz CT molecular complexity index is 502. The maximum absolute atomic E-state index is 12.2. The summed E-state index contributed by atoms with van der Waals surface area (Å²) >= 11 is 1.17. The molecule has 0 aliphatic heterocycles. The van der Waals surface area contributed by atoms with Crippen LogP contribution >= 0.6 is 11.3 Å². The minimum atomic E-state index is -0.0851. The molecule has 0 bridgehead atoms. The maximum Gasteiger partial charge on any atom is 0.308 e. The minimum Gasteiger partial charge on any atom is -0.395 e. The van der Waals surface area contributed by atoms with Gasteiger partial charge in [0.25, 0.3) is 0 Å². The molecule has 0 unspecified atom stereocenters. The Hall–Kier alpha value is -1.14. The Balaban J connectivity index is 2.12. The zero-order valence-corrected chi connectivity index (χ0v) is 11.5. The molecule has 0 saturated heterocycles. The summed E-state index contributed by atoms with van der Waals surface area (Å²) in [4.78, 5) is 26.4. The zero-order chi connectivity index (χ0) is 13.3. The second-order valence-corrected chi connectivity index (χ2v) is 5.80. The van der Waals surface area contributed by atoms with Crippen LogP contribution in [0.4, 0.5) is 0 Å². The van der Waals surface area contributed by atoms with Crippen LogP contribution in [0.1, 0.15) is 23.4 Å². The summed E-state index contributed by atoms with van der Waals surface area (Å²) in [6.45, 7) is 4.16. The quantitative estimate of drug-likeness (QED) is 0.848. The van der Waals surface area contributed by atoms with E-state index in [-0.39, 0.29) is 30.0 Å². The predicted octanol–water partition coefficient (Wildman–Crippen LogP) is 0.510. The fraction of sp³-hybridized carbons (Fsp3) is 0.667. The van der Waals surface area contributed by atoms with Crippen molar-refractivity contribution in [2.24, 2.45) is 0 Å². The molecule has 0 aromatic carbocycles. The van der Waals surface area contributed by atoms with Crippen LogP contribution in [0.5, 0.6) is 0 Å². The van der Waals surface area contributed by atoms with Crippen LogP contribution in [-0.4, -0.2) is 39.7 Å². The van der Waals surface area contributed by atoms with E-state index in [0.717, 1.165) is 23.4 Å². The number of aliphatic hydroxyl groups is 1. The van der Waals surface area contributed by atoms with E-state index in [1.165, 1.54) is 15.9 Å². The van der Waals surface area contributed by atoms with Crippen LogP contribution in [0.25, 0.3) is 0 Å². The highest BCUT2D eigenvalue weighted by Gasteiger charge is 2.32. The van der Waals surface area contributed by atoms with E-state index in [9.17, 15) is 9.59 Å². The molecule has 1 fully saturated rings. The van der Waals surface area contributed by atoms with Crippen LogP contribution in [-0.2, 0) is 11.3 Å². The number of aromatic nitrogens is 1. The average Bonchev–Trinajstić information content (AvgIpc) is 3.12. The lowest BCUT2D eigenvalue weighted by Crippen LogP contribution is -2.39. The van der Waals surface area contributed by atoms with E-state index in [2.05, 4.69) is 0 Å². The van der Waals surface area contributed by atoms with Crippen molar-refractivity contribution in [1.82, 2.24) is 9.47 Å². The number of amides is 1. The van der Waals surface area contributed by atoms with Gasteiger partial charge in [0.05, 0.1) is 6.61 Å². The van der Waals surface area contributed by atoms with Crippen molar-refractivity contribution in [2.45, 2.75) is 39.3 Å². The van der Waals surface area contributed by atoms with Gasteiger partial charge in [0.2, 0.25) is 5.91 Å². The number of hydrogen-bond acceptors (Lipinski definition) is 4. The number of nitrogens with zero attached hydrogens (tertiary/aromatic N) is 2. The lowest BCUT2D eigenvalue weighted by Gasteiger charge is -2.21. The highest BCUT2D eigenvalue weighted by atomic mass is 32.1. The first-order valence-electron chi connectivity index (χ1n) is 6.11. The third kappa shape index (κ3) is 2.64. The lowest BCUT2D eigenvalue weighted by molar-refractivity contribution is -0.133. The van der Waals surface area contributed by atoms with Crippen LogP contribution in [0.15, 0.2) is 4.79 Å². The van der Waals surface area contributed by atoms with Crippen molar-refractivity contribution in [3.05, 3.63) is 20.2 Å². The molecule has 1 saturated carbocycles. The molecule has 1 aliphatic carbocycles. The molecule has 1 aliphatic rings. The van der Waals surface area contributed by atoms with E-state index in [1.807, 2.05) is 13.8 Å². The summed E-state index contributed by atoms with van der Waals surface area (Å²) in [5.41, 5.74) is 0.859. The monoisotopic (exact) mass is 270 g/mol. The molecule has 2 rings (SSSR count). The lowest BCUT2D eigenvalue weighted by atomic mass is 10.3. The second kappa shape index (κ2) is 5.24. The van der Waals surface area contributed by atoms with Gasteiger partial charge in [0.15, 0.2) is 0 Å². The maximum atomic E-state index is 12.2. The topological polar surface area (TPSA) is 62.5 Å². The summed E-state index contributed by atoms with van der Waals surface area (Å²) in [7, 11) is 0. The van der Waals surface area contributed by atoms with Crippen LogP contribution in [0, 0.1) is 13.8 Å². The van der Waals surface area contributed by atoms with E-state index in [0.29, 0.717) is 6.54 Å². The highest BCUT2D eigenvalue weighted by molar-refractivity contribution is 7.09. The van der Waals surface area contributed by atoms with Gasteiger partial charge < -0.3 is 10.0 Å². The summed E-state index contributed by atoms with van der Waals surface area (Å²) < 4.78 is 1.52. The number of carbonyl (C=O) groups excluding carboxylic acids is 1. The number of rotatable bonds is 5. The first-order chi connectivity index (χ1) is 8.54. The van der Waals surface area contributed by atoms with Gasteiger partial charge in [-0.2, -0.15) is 0 Å². The van der Waals surface area contributed by atoms with Crippen molar-refractivity contribution in [3.63, 3.8) is 0 Å². The Morgan fingerprint density at radius 2 is 2.17 bits per heavy atom. The number of aryl methyl sites for hydroxylation is 1. The third-order valence-electron chi connectivity index (χ3n) is 3.32. The third-order valence-corrected chi connectivity index (χ3v) is 4.31. The minimum absolute atomic E-state index is 0.0290. The summed E-state index contributed by atoms with van der Waals surface area (Å²) in [6, 6.07) is 0.264. The smallest absolute Gasteiger partial charge is 0.308 e. The number of thiazole rings is 1. The number of carbonyl (C=O) groups is 1. The average molecular weight is 270 g/mol. The van der Waals surface area contributed by atoms with E-state index >= 15 is 0 Å². The van der Waals surface area contributed by atoms with Gasteiger partial charge in [-0.1, -0.05) is 11.3 Å². The molecule has 5 nitrogen and oxygen atoms in total. The standard InChI is InChI=1S/C12H18N2O3S/c1-8-9(2)18-12(17)14(8)7-11(16)13(5-6-15)10-3-4-10/h10,15H,3-7H2,1-2H3. The van der Waals surface area contributed by atoms with Crippen molar-refractivity contribution < 1.29 is 9.90 Å². The Morgan fingerprint density at radius 3 is 2.61 bits per heavy atom. The largest absolute Gasteiger partial charge is 0.395 e. The van der Waals surface area contributed by atoms with Crippen molar-refractivity contribution in [1.29, 1.82) is 0 Å². The van der Waals surface area contributed by atoms with Gasteiger partial charge >= 0.3 is 4.87 Å². The van der Waals surface area contributed by atoms with Crippen LogP contribution < -0.4 is 4.87 Å². The van der Waals surface area contributed by atoms with Gasteiger partial charge in [-0.25, -0.2) is 0 Å². The van der Waals surface area contributed by atoms with E-state index in [1.54, 1.807) is 4.90 Å².